The number of benzene rings is 1. The first-order valence-electron chi connectivity index (χ1n) is 4.98. The van der Waals surface area contributed by atoms with E-state index in [2.05, 4.69) is 6.92 Å². The van der Waals surface area contributed by atoms with E-state index in [-0.39, 0.29) is 11.4 Å². The molecule has 0 aliphatic carbocycles. The van der Waals surface area contributed by atoms with E-state index in [1.54, 1.807) is 6.07 Å². The molecule has 0 amide bonds. The third-order valence-electron chi connectivity index (χ3n) is 2.20. The van der Waals surface area contributed by atoms with Gasteiger partial charge in [0, 0.05) is 5.54 Å². The average Bonchev–Trinajstić information content (AvgIpc) is 2.01. The second-order valence-electron chi connectivity index (χ2n) is 4.43. The summed E-state index contributed by atoms with van der Waals surface area (Å²) in [4.78, 5) is 0. The van der Waals surface area contributed by atoms with Crippen molar-refractivity contribution in [3.8, 4) is 0 Å². The lowest BCUT2D eigenvalue weighted by atomic mass is 9.92. The van der Waals surface area contributed by atoms with Gasteiger partial charge in [-0.15, -0.1) is 0 Å². The number of halogens is 1. The number of aryl methyl sites for hydroxylation is 1. The van der Waals surface area contributed by atoms with Crippen molar-refractivity contribution in [3.63, 3.8) is 0 Å². The van der Waals surface area contributed by atoms with Crippen LogP contribution < -0.4 is 5.73 Å². The Labute approximate surface area is 85.1 Å². The maximum absolute atomic E-state index is 13.0. The number of hydrogen-bond donors (Lipinski definition) is 1. The molecule has 2 heteroatoms. The zero-order chi connectivity index (χ0) is 10.8. The Balaban J connectivity index is 2.99. The SMILES string of the molecule is CCc1ccc(F)cc1CC(C)(C)N. The van der Waals surface area contributed by atoms with Gasteiger partial charge in [-0.2, -0.15) is 0 Å². The molecule has 0 saturated carbocycles. The molecule has 1 aromatic carbocycles. The third kappa shape index (κ3) is 3.11. The molecule has 1 nitrogen and oxygen atoms in total. The van der Waals surface area contributed by atoms with Crippen LogP contribution in [-0.2, 0) is 12.8 Å². The van der Waals surface area contributed by atoms with Crippen LogP contribution in [0.25, 0.3) is 0 Å². The normalized spacial score (nSPS) is 11.8. The standard InChI is InChI=1S/C12H18FN/c1-4-9-5-6-11(13)7-10(9)8-12(2,3)14/h5-7H,4,8,14H2,1-3H3. The van der Waals surface area contributed by atoms with E-state index in [1.807, 2.05) is 19.9 Å². The largest absolute Gasteiger partial charge is 0.325 e. The van der Waals surface area contributed by atoms with E-state index < -0.39 is 0 Å². The monoisotopic (exact) mass is 195 g/mol. The van der Waals surface area contributed by atoms with Gasteiger partial charge in [0.25, 0.3) is 0 Å². The number of hydrogen-bond acceptors (Lipinski definition) is 1. The summed E-state index contributed by atoms with van der Waals surface area (Å²) in [5, 5.41) is 0. The van der Waals surface area contributed by atoms with Gasteiger partial charge in [-0.25, -0.2) is 4.39 Å². The summed E-state index contributed by atoms with van der Waals surface area (Å²) in [6.07, 6.45) is 1.64. The smallest absolute Gasteiger partial charge is 0.123 e. The second kappa shape index (κ2) is 4.09. The van der Waals surface area contributed by atoms with Gasteiger partial charge >= 0.3 is 0 Å². The molecule has 78 valence electrons. The van der Waals surface area contributed by atoms with E-state index in [1.165, 1.54) is 11.6 Å². The molecule has 0 fully saturated rings. The van der Waals surface area contributed by atoms with Crippen LogP contribution in [0.4, 0.5) is 4.39 Å². The van der Waals surface area contributed by atoms with Crippen LogP contribution in [0.1, 0.15) is 31.9 Å². The predicted molar refractivity (Wildman–Crippen MR) is 57.7 cm³/mol. The van der Waals surface area contributed by atoms with Gasteiger partial charge in [-0.05, 0) is 49.9 Å². The molecule has 0 aliphatic rings. The van der Waals surface area contributed by atoms with Crippen molar-refractivity contribution in [1.29, 1.82) is 0 Å². The minimum Gasteiger partial charge on any atom is -0.325 e. The zero-order valence-corrected chi connectivity index (χ0v) is 9.10. The minimum atomic E-state index is -0.280. The summed E-state index contributed by atoms with van der Waals surface area (Å²) in [6.45, 7) is 5.98. The fourth-order valence-electron chi connectivity index (χ4n) is 1.59. The molecule has 0 saturated heterocycles. The van der Waals surface area contributed by atoms with Crippen LogP contribution in [0.2, 0.25) is 0 Å². The number of rotatable bonds is 3. The summed E-state index contributed by atoms with van der Waals surface area (Å²) in [5.41, 5.74) is 7.85. The van der Waals surface area contributed by atoms with E-state index in [0.29, 0.717) is 6.42 Å². The molecular weight excluding hydrogens is 177 g/mol. The molecular formula is C12H18FN. The maximum Gasteiger partial charge on any atom is 0.123 e. The van der Waals surface area contributed by atoms with Crippen molar-refractivity contribution in [3.05, 3.63) is 35.1 Å². The van der Waals surface area contributed by atoms with Gasteiger partial charge in [0.05, 0.1) is 0 Å². The molecule has 0 atom stereocenters. The molecule has 0 aliphatic heterocycles. The summed E-state index contributed by atoms with van der Waals surface area (Å²) in [7, 11) is 0. The van der Waals surface area contributed by atoms with Crippen molar-refractivity contribution in [2.75, 3.05) is 0 Å². The highest BCUT2D eigenvalue weighted by Gasteiger charge is 2.14. The van der Waals surface area contributed by atoms with Gasteiger partial charge in [-0.3, -0.25) is 0 Å². The van der Waals surface area contributed by atoms with Gasteiger partial charge in [0.15, 0.2) is 0 Å². The van der Waals surface area contributed by atoms with Gasteiger partial charge < -0.3 is 5.73 Å². The summed E-state index contributed by atoms with van der Waals surface area (Å²) >= 11 is 0. The lowest BCUT2D eigenvalue weighted by Crippen LogP contribution is -2.34. The Hall–Kier alpha value is -0.890. The molecule has 14 heavy (non-hydrogen) atoms. The third-order valence-corrected chi connectivity index (χ3v) is 2.20. The fraction of sp³-hybridized carbons (Fsp3) is 0.500. The zero-order valence-electron chi connectivity index (χ0n) is 9.10. The van der Waals surface area contributed by atoms with E-state index in [9.17, 15) is 4.39 Å². The van der Waals surface area contributed by atoms with Crippen LogP contribution in [-0.4, -0.2) is 5.54 Å². The maximum atomic E-state index is 13.0. The Morgan fingerprint density at radius 1 is 1.29 bits per heavy atom. The molecule has 0 bridgehead atoms. The molecule has 0 aromatic heterocycles. The summed E-state index contributed by atoms with van der Waals surface area (Å²) in [5.74, 6) is -0.179. The summed E-state index contributed by atoms with van der Waals surface area (Å²) < 4.78 is 13.0. The molecule has 0 unspecified atom stereocenters. The van der Waals surface area contributed by atoms with Gasteiger partial charge in [0.2, 0.25) is 0 Å². The highest BCUT2D eigenvalue weighted by Crippen LogP contribution is 2.17. The Bertz CT molecular complexity index is 313. The minimum absolute atomic E-state index is 0.179. The van der Waals surface area contributed by atoms with Crippen LogP contribution in [0.15, 0.2) is 18.2 Å². The molecule has 0 radical (unpaired) electrons. The lowest BCUT2D eigenvalue weighted by Gasteiger charge is -2.20. The van der Waals surface area contributed by atoms with E-state index >= 15 is 0 Å². The molecule has 0 heterocycles. The number of nitrogens with two attached hydrogens (primary N) is 1. The molecule has 0 spiro atoms. The van der Waals surface area contributed by atoms with Crippen molar-refractivity contribution in [2.24, 2.45) is 5.73 Å². The lowest BCUT2D eigenvalue weighted by molar-refractivity contribution is 0.512. The highest BCUT2D eigenvalue weighted by atomic mass is 19.1. The summed E-state index contributed by atoms with van der Waals surface area (Å²) in [6, 6.07) is 4.94. The van der Waals surface area contributed by atoms with Crippen LogP contribution in [0.3, 0.4) is 0 Å². The topological polar surface area (TPSA) is 26.0 Å². The van der Waals surface area contributed by atoms with Crippen LogP contribution in [0, 0.1) is 5.82 Å². The van der Waals surface area contributed by atoms with Crippen molar-refractivity contribution < 1.29 is 4.39 Å². The van der Waals surface area contributed by atoms with Crippen molar-refractivity contribution in [1.82, 2.24) is 0 Å². The van der Waals surface area contributed by atoms with Crippen LogP contribution >= 0.6 is 0 Å². The Morgan fingerprint density at radius 3 is 2.43 bits per heavy atom. The van der Waals surface area contributed by atoms with Crippen LogP contribution in [0.5, 0.6) is 0 Å². The molecule has 1 aromatic rings. The van der Waals surface area contributed by atoms with Crippen molar-refractivity contribution in [2.45, 2.75) is 39.2 Å². The first-order chi connectivity index (χ1) is 6.42. The molecule has 1 rings (SSSR count). The Kier molecular flexibility index (Phi) is 3.27. The van der Waals surface area contributed by atoms with Gasteiger partial charge in [0.1, 0.15) is 5.82 Å². The van der Waals surface area contributed by atoms with Crippen molar-refractivity contribution >= 4 is 0 Å². The van der Waals surface area contributed by atoms with Gasteiger partial charge in [-0.1, -0.05) is 13.0 Å². The first kappa shape index (κ1) is 11.2. The Morgan fingerprint density at radius 2 is 1.93 bits per heavy atom. The predicted octanol–water partition coefficient (Wildman–Crippen LogP) is 2.67. The fourth-order valence-corrected chi connectivity index (χ4v) is 1.59. The average molecular weight is 195 g/mol. The van der Waals surface area contributed by atoms with E-state index in [4.69, 9.17) is 5.73 Å². The second-order valence-corrected chi connectivity index (χ2v) is 4.43. The first-order valence-corrected chi connectivity index (χ1v) is 4.98. The quantitative estimate of drug-likeness (QED) is 0.788. The highest BCUT2D eigenvalue weighted by molar-refractivity contribution is 5.29. The van der Waals surface area contributed by atoms with E-state index in [0.717, 1.165) is 12.0 Å². The molecule has 2 N–H and O–H groups in total.